The van der Waals surface area contributed by atoms with Crippen LogP contribution in [0, 0.1) is 0 Å². The van der Waals surface area contributed by atoms with Crippen LogP contribution in [0.5, 0.6) is 0 Å². The molecular weight excluding hydrogens is 324 g/mol. The fourth-order valence-corrected chi connectivity index (χ4v) is 3.00. The van der Waals surface area contributed by atoms with E-state index < -0.39 is 0 Å². The van der Waals surface area contributed by atoms with Crippen LogP contribution in [0.2, 0.25) is 0 Å². The van der Waals surface area contributed by atoms with Gasteiger partial charge < -0.3 is 10.7 Å². The Kier molecular flexibility index (Phi) is 4.11. The van der Waals surface area contributed by atoms with Crippen LogP contribution in [0.1, 0.15) is 15.9 Å². The fourth-order valence-electron chi connectivity index (χ4n) is 3.00. The van der Waals surface area contributed by atoms with E-state index in [0.717, 1.165) is 21.9 Å². The van der Waals surface area contributed by atoms with Crippen molar-refractivity contribution in [3.05, 3.63) is 84.1 Å². The second kappa shape index (κ2) is 6.72. The number of nitrogens with zero attached hydrogens (tertiary/aromatic N) is 1. The van der Waals surface area contributed by atoms with E-state index in [1.54, 1.807) is 6.20 Å². The summed E-state index contributed by atoms with van der Waals surface area (Å²) in [6.45, 7) is 0.408. The molecule has 0 aliphatic rings. The van der Waals surface area contributed by atoms with Crippen LogP contribution in [-0.2, 0) is 6.54 Å². The molecule has 0 radical (unpaired) electrons. The van der Waals surface area contributed by atoms with Gasteiger partial charge in [0.1, 0.15) is 0 Å². The first-order valence-corrected chi connectivity index (χ1v) is 8.36. The van der Waals surface area contributed by atoms with E-state index in [1.165, 1.54) is 5.39 Å². The summed E-state index contributed by atoms with van der Waals surface area (Å²) in [6.07, 6.45) is 1.68. The minimum absolute atomic E-state index is 0.105. The molecule has 1 heterocycles. The molecule has 0 bridgehead atoms. The normalized spacial score (nSPS) is 11.8. The molecule has 0 saturated heterocycles. The molecule has 5 nitrogen and oxygen atoms in total. The maximum atomic E-state index is 12.4. The number of carbonyl (C=O) groups is 1. The number of amides is 1. The Bertz CT molecular complexity index is 1130. The molecule has 3 aromatic carbocycles. The molecule has 4 rings (SSSR count). The van der Waals surface area contributed by atoms with Gasteiger partial charge in [-0.05, 0) is 28.5 Å². The first-order chi connectivity index (χ1) is 12.7. The van der Waals surface area contributed by atoms with Crippen LogP contribution in [0.15, 0.2) is 77.9 Å². The van der Waals surface area contributed by atoms with Gasteiger partial charge in [0.05, 0.1) is 12.1 Å². The Balaban J connectivity index is 1.48. The molecule has 1 aromatic heterocycles. The molecule has 0 aliphatic carbocycles. The number of hydrogen-bond donors (Lipinski definition) is 3. The Morgan fingerprint density at radius 3 is 2.65 bits per heavy atom. The molecule has 4 N–H and O–H groups in total. The van der Waals surface area contributed by atoms with E-state index in [0.29, 0.717) is 12.1 Å². The van der Waals surface area contributed by atoms with E-state index in [9.17, 15) is 4.79 Å². The predicted molar refractivity (Wildman–Crippen MR) is 105 cm³/mol. The third-order valence-corrected chi connectivity index (χ3v) is 4.32. The zero-order chi connectivity index (χ0) is 17.9. The van der Waals surface area contributed by atoms with E-state index in [-0.39, 0.29) is 11.9 Å². The lowest BCUT2D eigenvalue weighted by Gasteiger charge is -2.05. The maximum Gasteiger partial charge on any atom is 0.260 e. The number of guanidine groups is 1. The number of benzene rings is 3. The number of nitrogens with two attached hydrogens (primary N) is 1. The number of aromatic amines is 1. The van der Waals surface area contributed by atoms with Gasteiger partial charge in [-0.3, -0.25) is 10.1 Å². The summed E-state index contributed by atoms with van der Waals surface area (Å²) >= 11 is 0. The summed E-state index contributed by atoms with van der Waals surface area (Å²) in [5.41, 5.74) is 8.38. The average Bonchev–Trinajstić information content (AvgIpc) is 3.10. The number of H-pyrrole nitrogens is 1. The molecule has 0 fully saturated rings. The van der Waals surface area contributed by atoms with Gasteiger partial charge in [-0.1, -0.05) is 54.6 Å². The number of fused-ring (bicyclic) bond motifs is 2. The topological polar surface area (TPSA) is 83.3 Å². The van der Waals surface area contributed by atoms with Crippen LogP contribution in [-0.4, -0.2) is 16.9 Å². The second-order valence-electron chi connectivity index (χ2n) is 6.09. The number of nitrogens with one attached hydrogen (secondary N) is 2. The minimum Gasteiger partial charge on any atom is -0.370 e. The predicted octanol–water partition coefficient (Wildman–Crippen LogP) is 3.57. The van der Waals surface area contributed by atoms with Crippen molar-refractivity contribution < 1.29 is 4.79 Å². The van der Waals surface area contributed by atoms with Gasteiger partial charge in [-0.15, -0.1) is 0 Å². The first-order valence-electron chi connectivity index (χ1n) is 8.36. The molecule has 5 heteroatoms. The maximum absolute atomic E-state index is 12.4. The summed E-state index contributed by atoms with van der Waals surface area (Å²) in [6, 6.07) is 21.9. The van der Waals surface area contributed by atoms with Crippen molar-refractivity contribution in [2.45, 2.75) is 6.54 Å². The zero-order valence-corrected chi connectivity index (χ0v) is 14.1. The lowest BCUT2D eigenvalue weighted by molar-refractivity contribution is 0.0978. The summed E-state index contributed by atoms with van der Waals surface area (Å²) in [5, 5.41) is 5.84. The van der Waals surface area contributed by atoms with Gasteiger partial charge >= 0.3 is 0 Å². The van der Waals surface area contributed by atoms with Crippen LogP contribution < -0.4 is 11.1 Å². The standard InChI is InChI=1S/C21H18N4O/c22-21(24-12-14-9-10-15-5-1-2-6-16(15)11-14)25-20(26)18-13-23-19-8-4-3-7-17(18)19/h1-11,13,23H,12H2,(H3,22,24,25,26). The van der Waals surface area contributed by atoms with Gasteiger partial charge in [0.25, 0.3) is 5.91 Å². The van der Waals surface area contributed by atoms with Crippen molar-refractivity contribution in [2.75, 3.05) is 0 Å². The fraction of sp³-hybridized carbons (Fsp3) is 0.0476. The highest BCUT2D eigenvalue weighted by atomic mass is 16.1. The number of aliphatic imine (C=N–C) groups is 1. The lowest BCUT2D eigenvalue weighted by Crippen LogP contribution is -2.36. The number of hydrogen-bond acceptors (Lipinski definition) is 2. The number of carbonyl (C=O) groups excluding carboxylic acids is 1. The smallest absolute Gasteiger partial charge is 0.260 e. The monoisotopic (exact) mass is 342 g/mol. The Hall–Kier alpha value is -3.60. The SMILES string of the molecule is NC(=NCc1ccc2ccccc2c1)NC(=O)c1c[nH]c2ccccc12. The van der Waals surface area contributed by atoms with Crippen molar-refractivity contribution in [1.82, 2.24) is 10.3 Å². The van der Waals surface area contributed by atoms with Crippen LogP contribution >= 0.6 is 0 Å². The molecule has 128 valence electrons. The molecule has 0 atom stereocenters. The van der Waals surface area contributed by atoms with Gasteiger partial charge in [-0.25, -0.2) is 4.99 Å². The van der Waals surface area contributed by atoms with Crippen molar-refractivity contribution in [2.24, 2.45) is 10.7 Å². The van der Waals surface area contributed by atoms with Crippen molar-refractivity contribution in [3.8, 4) is 0 Å². The third-order valence-electron chi connectivity index (χ3n) is 4.32. The Labute approximate surface area is 150 Å². The van der Waals surface area contributed by atoms with E-state index in [1.807, 2.05) is 42.5 Å². The number of para-hydroxylation sites is 1. The van der Waals surface area contributed by atoms with Gasteiger partial charge in [0, 0.05) is 17.1 Å². The van der Waals surface area contributed by atoms with Gasteiger partial charge in [0.2, 0.25) is 0 Å². The molecule has 0 aliphatic heterocycles. The summed E-state index contributed by atoms with van der Waals surface area (Å²) in [5.74, 6) is -0.171. The van der Waals surface area contributed by atoms with Gasteiger partial charge in [0.15, 0.2) is 5.96 Å². The van der Waals surface area contributed by atoms with Crippen molar-refractivity contribution >= 4 is 33.5 Å². The largest absolute Gasteiger partial charge is 0.370 e. The quantitative estimate of drug-likeness (QED) is 0.393. The van der Waals surface area contributed by atoms with Crippen LogP contribution in [0.3, 0.4) is 0 Å². The molecule has 0 saturated carbocycles. The van der Waals surface area contributed by atoms with Crippen LogP contribution in [0.25, 0.3) is 21.7 Å². The Morgan fingerprint density at radius 1 is 1.00 bits per heavy atom. The molecule has 26 heavy (non-hydrogen) atoms. The minimum atomic E-state index is -0.276. The van der Waals surface area contributed by atoms with Crippen LogP contribution in [0.4, 0.5) is 0 Å². The second-order valence-corrected chi connectivity index (χ2v) is 6.09. The molecular formula is C21H18N4O. The highest BCUT2D eigenvalue weighted by molar-refractivity contribution is 6.12. The number of aromatic nitrogens is 1. The molecule has 4 aromatic rings. The average molecular weight is 342 g/mol. The highest BCUT2D eigenvalue weighted by Crippen LogP contribution is 2.18. The number of rotatable bonds is 3. The third kappa shape index (κ3) is 3.15. The van der Waals surface area contributed by atoms with E-state index in [2.05, 4.69) is 39.6 Å². The first kappa shape index (κ1) is 15.9. The molecule has 0 unspecified atom stereocenters. The molecule has 1 amide bonds. The van der Waals surface area contributed by atoms with Gasteiger partial charge in [-0.2, -0.15) is 0 Å². The van der Waals surface area contributed by atoms with E-state index >= 15 is 0 Å². The van der Waals surface area contributed by atoms with E-state index in [4.69, 9.17) is 5.73 Å². The summed E-state index contributed by atoms with van der Waals surface area (Å²) < 4.78 is 0. The summed E-state index contributed by atoms with van der Waals surface area (Å²) in [7, 11) is 0. The lowest BCUT2D eigenvalue weighted by atomic mass is 10.1. The molecule has 0 spiro atoms. The Morgan fingerprint density at radius 2 is 1.77 bits per heavy atom. The highest BCUT2D eigenvalue weighted by Gasteiger charge is 2.12. The van der Waals surface area contributed by atoms with Crippen molar-refractivity contribution in [3.63, 3.8) is 0 Å². The van der Waals surface area contributed by atoms with Crippen molar-refractivity contribution in [1.29, 1.82) is 0 Å². The zero-order valence-electron chi connectivity index (χ0n) is 14.1. The summed E-state index contributed by atoms with van der Waals surface area (Å²) in [4.78, 5) is 19.8.